The quantitative estimate of drug-likeness (QED) is 0.233. The van der Waals surface area contributed by atoms with Crippen LogP contribution in [0.25, 0.3) is 0 Å². The fourth-order valence-electron chi connectivity index (χ4n) is 3.50. The Morgan fingerprint density at radius 3 is 2.61 bits per heavy atom. The van der Waals surface area contributed by atoms with Crippen molar-refractivity contribution >= 4 is 29.9 Å². The summed E-state index contributed by atoms with van der Waals surface area (Å²) < 4.78 is 11.2. The van der Waals surface area contributed by atoms with Crippen molar-refractivity contribution in [1.82, 2.24) is 10.6 Å². The molecule has 5 nitrogen and oxygen atoms in total. The van der Waals surface area contributed by atoms with Crippen LogP contribution in [-0.2, 0) is 14.9 Å². The molecular weight excluding hydrogens is 465 g/mol. The van der Waals surface area contributed by atoms with Gasteiger partial charge in [-0.15, -0.1) is 24.0 Å². The summed E-state index contributed by atoms with van der Waals surface area (Å²) in [7, 11) is 1.82. The summed E-state index contributed by atoms with van der Waals surface area (Å²) in [6.07, 6.45) is 3.24. The first kappa shape index (κ1) is 25.2. The number of hydrogen-bond acceptors (Lipinski definition) is 3. The van der Waals surface area contributed by atoms with Gasteiger partial charge in [0.1, 0.15) is 0 Å². The Labute approximate surface area is 188 Å². The number of aliphatic imine (C=N–C) groups is 1. The fourth-order valence-corrected chi connectivity index (χ4v) is 3.50. The van der Waals surface area contributed by atoms with E-state index in [9.17, 15) is 0 Å². The fraction of sp³-hybridized carbons (Fsp3) is 0.682. The van der Waals surface area contributed by atoms with Crippen LogP contribution in [0.5, 0.6) is 0 Å². The Bertz CT molecular complexity index is 587. The van der Waals surface area contributed by atoms with Gasteiger partial charge in [0, 0.05) is 52.0 Å². The summed E-state index contributed by atoms with van der Waals surface area (Å²) in [5.41, 5.74) is 2.74. The minimum Gasteiger partial charge on any atom is -0.381 e. The van der Waals surface area contributed by atoms with E-state index < -0.39 is 0 Å². The first-order chi connectivity index (χ1) is 13.0. The Hall–Kier alpha value is -0.860. The van der Waals surface area contributed by atoms with Crippen LogP contribution in [0.2, 0.25) is 0 Å². The van der Waals surface area contributed by atoms with Crippen molar-refractivity contribution < 1.29 is 9.47 Å². The summed E-state index contributed by atoms with van der Waals surface area (Å²) in [6, 6.07) is 8.58. The lowest BCUT2D eigenvalue weighted by Gasteiger charge is -2.28. The van der Waals surface area contributed by atoms with Gasteiger partial charge in [-0.05, 0) is 43.2 Å². The molecule has 0 bridgehead atoms. The second-order valence-electron chi connectivity index (χ2n) is 8.04. The molecule has 0 amide bonds. The molecule has 0 atom stereocenters. The van der Waals surface area contributed by atoms with Gasteiger partial charge in [0.2, 0.25) is 0 Å². The Morgan fingerprint density at radius 2 is 1.93 bits per heavy atom. The van der Waals surface area contributed by atoms with Crippen molar-refractivity contribution in [2.24, 2.45) is 10.9 Å². The summed E-state index contributed by atoms with van der Waals surface area (Å²) in [6.45, 7) is 11.8. The maximum atomic E-state index is 5.82. The minimum atomic E-state index is 0. The van der Waals surface area contributed by atoms with E-state index in [1.807, 2.05) is 7.05 Å². The smallest absolute Gasteiger partial charge is 0.191 e. The molecular formula is C22H38IN3O2. The van der Waals surface area contributed by atoms with Crippen LogP contribution in [0.4, 0.5) is 0 Å². The zero-order valence-electron chi connectivity index (χ0n) is 17.9. The highest BCUT2D eigenvalue weighted by Gasteiger charge is 2.22. The monoisotopic (exact) mass is 503 g/mol. The highest BCUT2D eigenvalue weighted by atomic mass is 127. The number of hydrogen-bond donors (Lipinski definition) is 2. The molecule has 1 heterocycles. The van der Waals surface area contributed by atoms with Crippen LogP contribution < -0.4 is 10.6 Å². The van der Waals surface area contributed by atoms with E-state index in [0.29, 0.717) is 5.92 Å². The molecule has 0 aromatic heterocycles. The number of guanidine groups is 1. The first-order valence-corrected chi connectivity index (χ1v) is 10.2. The number of nitrogens with zero attached hydrogens (tertiary/aromatic N) is 1. The molecule has 1 aliphatic heterocycles. The molecule has 0 unspecified atom stereocenters. The zero-order valence-corrected chi connectivity index (χ0v) is 20.3. The molecule has 2 N–H and O–H groups in total. The predicted octanol–water partition coefficient (Wildman–Crippen LogP) is 3.89. The molecule has 1 fully saturated rings. The van der Waals surface area contributed by atoms with Crippen molar-refractivity contribution in [3.63, 3.8) is 0 Å². The Balaban J connectivity index is 0.00000392. The van der Waals surface area contributed by atoms with E-state index in [-0.39, 0.29) is 29.4 Å². The van der Waals surface area contributed by atoms with Crippen LogP contribution >= 0.6 is 24.0 Å². The molecule has 1 aromatic carbocycles. The lowest BCUT2D eigenvalue weighted by atomic mass is 9.82. The van der Waals surface area contributed by atoms with E-state index in [1.54, 1.807) is 0 Å². The van der Waals surface area contributed by atoms with E-state index in [4.69, 9.17) is 9.47 Å². The molecule has 1 aliphatic rings. The highest BCUT2D eigenvalue weighted by Crippen LogP contribution is 2.25. The van der Waals surface area contributed by atoms with Gasteiger partial charge < -0.3 is 20.1 Å². The van der Waals surface area contributed by atoms with Gasteiger partial charge in [-0.25, -0.2) is 0 Å². The van der Waals surface area contributed by atoms with Crippen LogP contribution in [0.3, 0.4) is 0 Å². The minimum absolute atomic E-state index is 0. The number of nitrogens with one attached hydrogen (secondary N) is 2. The molecule has 0 radical (unpaired) electrons. The molecule has 6 heteroatoms. The lowest BCUT2D eigenvalue weighted by molar-refractivity contribution is 0.0203. The molecule has 1 aromatic rings. The maximum absolute atomic E-state index is 5.82. The predicted molar refractivity (Wildman–Crippen MR) is 128 cm³/mol. The van der Waals surface area contributed by atoms with Crippen molar-refractivity contribution in [2.75, 3.05) is 46.6 Å². The van der Waals surface area contributed by atoms with Gasteiger partial charge in [-0.3, -0.25) is 4.99 Å². The van der Waals surface area contributed by atoms with Gasteiger partial charge in [-0.2, -0.15) is 0 Å². The van der Waals surface area contributed by atoms with Crippen LogP contribution in [0, 0.1) is 12.8 Å². The summed E-state index contributed by atoms with van der Waals surface area (Å²) in [5.74, 6) is 1.52. The van der Waals surface area contributed by atoms with E-state index in [2.05, 4.69) is 60.7 Å². The van der Waals surface area contributed by atoms with Crippen molar-refractivity contribution in [2.45, 2.75) is 45.4 Å². The third kappa shape index (κ3) is 8.66. The Morgan fingerprint density at radius 1 is 1.21 bits per heavy atom. The highest BCUT2D eigenvalue weighted by molar-refractivity contribution is 14.0. The molecule has 0 spiro atoms. The number of ether oxygens (including phenoxy) is 2. The molecule has 28 heavy (non-hydrogen) atoms. The van der Waals surface area contributed by atoms with Gasteiger partial charge in [-0.1, -0.05) is 38.1 Å². The van der Waals surface area contributed by atoms with Gasteiger partial charge in [0.05, 0.1) is 0 Å². The molecule has 160 valence electrons. The second-order valence-corrected chi connectivity index (χ2v) is 8.04. The number of aryl methyl sites for hydroxylation is 1. The van der Waals surface area contributed by atoms with Crippen LogP contribution in [0.1, 0.15) is 44.2 Å². The summed E-state index contributed by atoms with van der Waals surface area (Å²) in [5, 5.41) is 6.85. The standard InChI is InChI=1S/C22H37N3O2.HI/c1-18-8-5-6-9-20(18)22(2,3)17-25-21(23-4)24-12-7-13-27-16-19-10-14-26-15-11-19;/h5-6,8-9,19H,7,10-17H2,1-4H3,(H2,23,24,25);1H. The SMILES string of the molecule is CN=C(NCCCOCC1CCOCC1)NCC(C)(C)c1ccccc1C.I. The first-order valence-electron chi connectivity index (χ1n) is 10.2. The number of rotatable bonds is 9. The zero-order chi connectivity index (χ0) is 19.5. The second kappa shape index (κ2) is 13.4. The Kier molecular flexibility index (Phi) is 12.0. The normalized spacial score (nSPS) is 15.8. The van der Waals surface area contributed by atoms with E-state index >= 15 is 0 Å². The summed E-state index contributed by atoms with van der Waals surface area (Å²) >= 11 is 0. The molecule has 0 aliphatic carbocycles. The topological polar surface area (TPSA) is 54.9 Å². The van der Waals surface area contributed by atoms with Crippen LogP contribution in [-0.4, -0.2) is 52.5 Å². The van der Waals surface area contributed by atoms with Crippen molar-refractivity contribution in [3.8, 4) is 0 Å². The van der Waals surface area contributed by atoms with Crippen molar-refractivity contribution in [1.29, 1.82) is 0 Å². The van der Waals surface area contributed by atoms with Gasteiger partial charge >= 0.3 is 0 Å². The molecule has 0 saturated carbocycles. The third-order valence-corrected chi connectivity index (χ3v) is 5.25. The van der Waals surface area contributed by atoms with Gasteiger partial charge in [0.25, 0.3) is 0 Å². The van der Waals surface area contributed by atoms with E-state index in [0.717, 1.165) is 64.7 Å². The van der Waals surface area contributed by atoms with Crippen LogP contribution in [0.15, 0.2) is 29.3 Å². The number of halogens is 1. The van der Waals surface area contributed by atoms with Crippen molar-refractivity contribution in [3.05, 3.63) is 35.4 Å². The number of benzene rings is 1. The maximum Gasteiger partial charge on any atom is 0.191 e. The average molecular weight is 503 g/mol. The molecule has 1 saturated heterocycles. The summed E-state index contributed by atoms with van der Waals surface area (Å²) in [4.78, 5) is 4.34. The largest absolute Gasteiger partial charge is 0.381 e. The van der Waals surface area contributed by atoms with Gasteiger partial charge in [0.15, 0.2) is 5.96 Å². The average Bonchev–Trinajstić information content (AvgIpc) is 2.68. The van der Waals surface area contributed by atoms with E-state index in [1.165, 1.54) is 11.1 Å². The molecule has 2 rings (SSSR count). The lowest BCUT2D eigenvalue weighted by Crippen LogP contribution is -2.44. The third-order valence-electron chi connectivity index (χ3n) is 5.25.